The molecule has 0 fully saturated rings. The Labute approximate surface area is 91.5 Å². The highest BCUT2D eigenvalue weighted by molar-refractivity contribution is 5.70. The van der Waals surface area contributed by atoms with E-state index in [1.54, 1.807) is 23.0 Å². The predicted molar refractivity (Wildman–Crippen MR) is 54.6 cm³/mol. The molecule has 2 aromatic rings. The lowest BCUT2D eigenvalue weighted by Crippen LogP contribution is -2.09. The van der Waals surface area contributed by atoms with E-state index in [1.165, 1.54) is 13.3 Å². The highest BCUT2D eigenvalue weighted by Gasteiger charge is 2.17. The number of aliphatic hydroxyl groups is 1. The maximum absolute atomic E-state index is 11.0. The van der Waals surface area contributed by atoms with E-state index in [-0.39, 0.29) is 6.42 Å². The molecular formula is C10H11N3O3. The Kier molecular flexibility index (Phi) is 2.82. The Morgan fingerprint density at radius 3 is 3.19 bits per heavy atom. The summed E-state index contributed by atoms with van der Waals surface area (Å²) >= 11 is 0. The molecule has 1 N–H and O–H groups in total. The summed E-state index contributed by atoms with van der Waals surface area (Å²) in [7, 11) is 1.29. The third-order valence-corrected chi connectivity index (χ3v) is 2.27. The van der Waals surface area contributed by atoms with Crippen molar-refractivity contribution in [2.24, 2.45) is 0 Å². The quantitative estimate of drug-likeness (QED) is 0.755. The summed E-state index contributed by atoms with van der Waals surface area (Å²) in [4.78, 5) is 19.0. The first-order valence-corrected chi connectivity index (χ1v) is 4.74. The Hall–Kier alpha value is -1.95. The molecule has 2 aromatic heterocycles. The monoisotopic (exact) mass is 221 g/mol. The third-order valence-electron chi connectivity index (χ3n) is 2.27. The van der Waals surface area contributed by atoms with Crippen molar-refractivity contribution < 1.29 is 14.6 Å². The zero-order valence-corrected chi connectivity index (χ0v) is 8.70. The molecule has 16 heavy (non-hydrogen) atoms. The van der Waals surface area contributed by atoms with E-state index >= 15 is 0 Å². The minimum atomic E-state index is -0.926. The van der Waals surface area contributed by atoms with Crippen LogP contribution in [0, 0.1) is 0 Å². The van der Waals surface area contributed by atoms with E-state index in [4.69, 9.17) is 0 Å². The van der Waals surface area contributed by atoms with E-state index in [0.717, 1.165) is 0 Å². The molecule has 6 nitrogen and oxygen atoms in total. The van der Waals surface area contributed by atoms with Crippen LogP contribution in [0.2, 0.25) is 0 Å². The van der Waals surface area contributed by atoms with Gasteiger partial charge in [0.25, 0.3) is 0 Å². The lowest BCUT2D eigenvalue weighted by Gasteiger charge is -2.08. The van der Waals surface area contributed by atoms with Crippen molar-refractivity contribution in [3.05, 3.63) is 30.5 Å². The van der Waals surface area contributed by atoms with Gasteiger partial charge in [0.05, 0.1) is 31.6 Å². The van der Waals surface area contributed by atoms with Crippen molar-refractivity contribution in [3.63, 3.8) is 0 Å². The first kappa shape index (κ1) is 10.6. The second-order valence-corrected chi connectivity index (χ2v) is 3.28. The fourth-order valence-electron chi connectivity index (χ4n) is 1.45. The van der Waals surface area contributed by atoms with Crippen LogP contribution in [0.15, 0.2) is 24.8 Å². The fraction of sp³-hybridized carbons (Fsp3) is 0.300. The lowest BCUT2D eigenvalue weighted by atomic mass is 10.2. The minimum absolute atomic E-state index is 0.0907. The van der Waals surface area contributed by atoms with Gasteiger partial charge in [0, 0.05) is 12.4 Å². The fourth-order valence-corrected chi connectivity index (χ4v) is 1.45. The van der Waals surface area contributed by atoms with E-state index < -0.39 is 12.1 Å². The number of hydrogen-bond donors (Lipinski definition) is 1. The van der Waals surface area contributed by atoms with Gasteiger partial charge in [-0.15, -0.1) is 0 Å². The number of ether oxygens (including phenoxy) is 1. The number of esters is 1. The summed E-state index contributed by atoms with van der Waals surface area (Å²) in [6.07, 6.45) is 5.34. The van der Waals surface area contributed by atoms with Gasteiger partial charge in [0.2, 0.25) is 0 Å². The first-order chi connectivity index (χ1) is 7.72. The van der Waals surface area contributed by atoms with Crippen molar-refractivity contribution >= 4 is 11.6 Å². The summed E-state index contributed by atoms with van der Waals surface area (Å²) in [5.41, 5.74) is 1.17. The number of carbonyl (C=O) groups is 1. The van der Waals surface area contributed by atoms with Crippen LogP contribution in [0.4, 0.5) is 0 Å². The van der Waals surface area contributed by atoms with Crippen LogP contribution < -0.4 is 0 Å². The van der Waals surface area contributed by atoms with Gasteiger partial charge in [0.15, 0.2) is 5.65 Å². The summed E-state index contributed by atoms with van der Waals surface area (Å²) in [6.45, 7) is 0. The molecule has 2 heterocycles. The summed E-state index contributed by atoms with van der Waals surface area (Å²) in [5, 5.41) is 9.83. The van der Waals surface area contributed by atoms with E-state index in [0.29, 0.717) is 11.3 Å². The average molecular weight is 221 g/mol. The van der Waals surface area contributed by atoms with Crippen molar-refractivity contribution in [1.82, 2.24) is 14.4 Å². The SMILES string of the molecule is COC(=O)C[C@@H](O)c1cnc2cnccn12. The number of nitrogens with zero attached hydrogens (tertiary/aromatic N) is 3. The van der Waals surface area contributed by atoms with Crippen LogP contribution >= 0.6 is 0 Å². The van der Waals surface area contributed by atoms with Gasteiger partial charge in [-0.3, -0.25) is 14.2 Å². The number of hydrogen-bond acceptors (Lipinski definition) is 5. The maximum atomic E-state index is 11.0. The van der Waals surface area contributed by atoms with Gasteiger partial charge in [-0.05, 0) is 0 Å². The Morgan fingerprint density at radius 2 is 2.44 bits per heavy atom. The van der Waals surface area contributed by atoms with Gasteiger partial charge in [-0.25, -0.2) is 4.98 Å². The molecule has 0 aromatic carbocycles. The third kappa shape index (κ3) is 1.87. The van der Waals surface area contributed by atoms with Gasteiger partial charge >= 0.3 is 5.97 Å². The average Bonchev–Trinajstić information content (AvgIpc) is 2.72. The molecule has 0 spiro atoms. The highest BCUT2D eigenvalue weighted by Crippen LogP contribution is 2.17. The van der Waals surface area contributed by atoms with Crippen LogP contribution in [-0.2, 0) is 9.53 Å². The van der Waals surface area contributed by atoms with Crippen LogP contribution in [0.5, 0.6) is 0 Å². The Bertz CT molecular complexity index is 509. The number of aromatic nitrogens is 3. The standard InChI is InChI=1S/C10H11N3O3/c1-16-10(15)4-8(14)7-5-12-9-6-11-2-3-13(7)9/h2-3,5-6,8,14H,4H2,1H3/t8-/m1/s1. The number of fused-ring (bicyclic) bond motifs is 1. The van der Waals surface area contributed by atoms with Crippen molar-refractivity contribution in [2.45, 2.75) is 12.5 Å². The van der Waals surface area contributed by atoms with Crippen molar-refractivity contribution in [3.8, 4) is 0 Å². The van der Waals surface area contributed by atoms with E-state index in [2.05, 4.69) is 14.7 Å². The molecule has 0 aliphatic rings. The van der Waals surface area contributed by atoms with Gasteiger partial charge in [-0.2, -0.15) is 0 Å². The van der Waals surface area contributed by atoms with Gasteiger partial charge in [0.1, 0.15) is 6.10 Å². The molecule has 0 radical (unpaired) electrons. The smallest absolute Gasteiger partial charge is 0.308 e. The highest BCUT2D eigenvalue weighted by atomic mass is 16.5. The van der Waals surface area contributed by atoms with Crippen LogP contribution in [-0.4, -0.2) is 32.6 Å². The molecule has 0 amide bonds. The number of rotatable bonds is 3. The first-order valence-electron chi connectivity index (χ1n) is 4.74. The van der Waals surface area contributed by atoms with E-state index in [9.17, 15) is 9.90 Å². The molecule has 0 saturated heterocycles. The zero-order chi connectivity index (χ0) is 11.5. The van der Waals surface area contributed by atoms with Crippen molar-refractivity contribution in [2.75, 3.05) is 7.11 Å². The number of imidazole rings is 1. The van der Waals surface area contributed by atoms with Crippen LogP contribution in [0.1, 0.15) is 18.2 Å². The maximum Gasteiger partial charge on any atom is 0.308 e. The molecule has 1 atom stereocenters. The Morgan fingerprint density at radius 1 is 1.62 bits per heavy atom. The van der Waals surface area contributed by atoms with Crippen molar-refractivity contribution in [1.29, 1.82) is 0 Å². The molecule has 0 unspecified atom stereocenters. The summed E-state index contributed by atoms with van der Waals surface area (Å²) in [5.74, 6) is -0.462. The molecule has 0 bridgehead atoms. The second kappa shape index (κ2) is 4.28. The minimum Gasteiger partial charge on any atom is -0.469 e. The Balaban J connectivity index is 2.29. The molecule has 84 valence electrons. The molecule has 6 heteroatoms. The van der Waals surface area contributed by atoms with E-state index in [1.807, 2.05) is 0 Å². The largest absolute Gasteiger partial charge is 0.469 e. The molecular weight excluding hydrogens is 210 g/mol. The molecule has 2 rings (SSSR count). The van der Waals surface area contributed by atoms with Gasteiger partial charge in [-0.1, -0.05) is 0 Å². The number of aliphatic hydroxyl groups excluding tert-OH is 1. The van der Waals surface area contributed by atoms with Gasteiger partial charge < -0.3 is 9.84 Å². The topological polar surface area (TPSA) is 76.7 Å². The zero-order valence-electron chi connectivity index (χ0n) is 8.70. The number of carbonyl (C=O) groups excluding carboxylic acids is 1. The van der Waals surface area contributed by atoms with Crippen LogP contribution in [0.25, 0.3) is 5.65 Å². The summed E-state index contributed by atoms with van der Waals surface area (Å²) < 4.78 is 6.17. The summed E-state index contributed by atoms with van der Waals surface area (Å²) in [6, 6.07) is 0. The predicted octanol–water partition coefficient (Wildman–Crippen LogP) is 0.326. The second-order valence-electron chi connectivity index (χ2n) is 3.28. The number of methoxy groups -OCH3 is 1. The van der Waals surface area contributed by atoms with Crippen LogP contribution in [0.3, 0.4) is 0 Å². The molecule has 0 aliphatic heterocycles. The normalized spacial score (nSPS) is 12.6. The molecule has 0 aliphatic carbocycles. The lowest BCUT2D eigenvalue weighted by molar-refractivity contribution is -0.142. The molecule has 0 saturated carbocycles.